The monoisotopic (exact) mass is 1540 g/mol. The third-order valence-electron chi connectivity index (χ3n) is 19.7. The first-order valence-electron chi connectivity index (χ1n) is 35.4. The number of ketones is 3. The molecule has 3 N–H and O–H groups in total. The summed E-state index contributed by atoms with van der Waals surface area (Å²) in [5, 5.41) is 33.4. The Morgan fingerprint density at radius 3 is 1.06 bits per heavy atom. The third kappa shape index (κ3) is 17.2. The van der Waals surface area contributed by atoms with E-state index in [9.17, 15) is 47.3 Å². The van der Waals surface area contributed by atoms with Gasteiger partial charge in [0.25, 0.3) is 0 Å². The van der Waals surface area contributed by atoms with Gasteiger partial charge in [-0.05, 0) is 195 Å². The van der Waals surface area contributed by atoms with E-state index in [0.717, 1.165) is 173 Å². The molecule has 0 aliphatic carbocycles. The number of carbonyl (C=O) groups is 3. The topological polar surface area (TPSA) is 149 Å². The van der Waals surface area contributed by atoms with Crippen molar-refractivity contribution in [3.8, 4) is 67.9 Å². The van der Waals surface area contributed by atoms with Crippen molar-refractivity contribution >= 4 is 105 Å². The second-order valence-electron chi connectivity index (χ2n) is 27.7. The molecule has 6 heterocycles. The number of thiophene rings is 3. The summed E-state index contributed by atoms with van der Waals surface area (Å²) in [7, 11) is 0. The standard InChI is InChI=1S/C30H30FNO3S.C29H27ClFNO3S.C27H22ClF2NO3S/c1-18-12-19(2)27(20(3)13-18)29(34)30-28(25-9-6-23(33)14-26(25)36-30)22-4-7-24(8-5-22)35-11-10-32-16-21(15-31)17-32;1-17-11-21(30)12-18(2)26(17)28(34)29-27(24-8-5-22(33)13-25(24)36-29)20-3-6-23(7-4-20)35-10-9-32-15-19(14-31)16-32;28-23-11-18(30)3-7-21(23)26(33)27-25(22-8-4-19(32)12-24(22)35-27)17-1-5-20(6-2-17)34-10-9-31-14-16(13-29)15-31/h4-9,12-14,21,33H,10-11,15-17H2,1-3H3;3-8,11-13,19,33H,9-10,14-16H2,1-2H3;1-8,11-12,16,32H,9-10,13-15H2. The highest BCUT2D eigenvalue weighted by Crippen LogP contribution is 2.46. The quantitative estimate of drug-likeness (QED) is 0.0390. The molecular weight excluding hydrogens is 1460 g/mol. The summed E-state index contributed by atoms with van der Waals surface area (Å²) in [5.74, 6) is 2.27. The zero-order valence-corrected chi connectivity index (χ0v) is 63.6. The number of nitrogens with zero attached hydrogens (tertiary/aromatic N) is 3. The van der Waals surface area contributed by atoms with E-state index in [0.29, 0.717) is 50.8 Å². The third-order valence-corrected chi connectivity index (χ3v) is 23.6. The molecule has 0 bridgehead atoms. The van der Waals surface area contributed by atoms with Gasteiger partial charge < -0.3 is 29.5 Å². The summed E-state index contributed by atoms with van der Waals surface area (Å²) < 4.78 is 71.5. The second-order valence-corrected chi connectivity index (χ2v) is 31.7. The number of phenolic OH excluding ortho intramolecular Hbond substituents is 3. The lowest BCUT2D eigenvalue weighted by molar-refractivity contribution is 0.0668. The fourth-order valence-corrected chi connectivity index (χ4v) is 18.5. The highest BCUT2D eigenvalue weighted by Gasteiger charge is 2.31. The molecule has 0 saturated carbocycles. The maximum atomic E-state index is 13.9. The number of ether oxygens (including phenoxy) is 3. The number of hydrogen-bond acceptors (Lipinski definition) is 15. The largest absolute Gasteiger partial charge is 0.508 e. The maximum absolute atomic E-state index is 13.9. The maximum Gasteiger partial charge on any atom is 0.205 e. The predicted octanol–water partition coefficient (Wildman–Crippen LogP) is 20.3. The Labute approximate surface area is 640 Å². The molecule has 3 aromatic heterocycles. The molecular formula is C86H79Cl2F4N3O9S3. The van der Waals surface area contributed by atoms with E-state index < -0.39 is 5.82 Å². The predicted molar refractivity (Wildman–Crippen MR) is 424 cm³/mol. The number of likely N-dealkylation sites (tertiary alicyclic amines) is 3. The number of alkyl halides is 3. The molecule has 12 aromatic rings. The number of aryl methyl sites for hydroxylation is 5. The van der Waals surface area contributed by atoms with E-state index in [1.807, 2.05) is 144 Å². The van der Waals surface area contributed by atoms with Crippen LogP contribution in [0.25, 0.3) is 63.6 Å². The normalized spacial score (nSPS) is 14.2. The van der Waals surface area contributed by atoms with E-state index in [-0.39, 0.29) is 83.0 Å². The van der Waals surface area contributed by atoms with Gasteiger partial charge in [0, 0.05) is 145 Å². The lowest BCUT2D eigenvalue weighted by Gasteiger charge is -2.37. The number of fused-ring (bicyclic) bond motifs is 3. The average Bonchev–Trinajstić information content (AvgIpc) is 1.63. The summed E-state index contributed by atoms with van der Waals surface area (Å²) in [4.78, 5) is 49.5. The Morgan fingerprint density at radius 2 is 0.738 bits per heavy atom. The molecule has 9 aromatic carbocycles. The van der Waals surface area contributed by atoms with Crippen LogP contribution in [-0.2, 0) is 0 Å². The first-order chi connectivity index (χ1) is 51.6. The summed E-state index contributed by atoms with van der Waals surface area (Å²) in [6.07, 6.45) is 0. The van der Waals surface area contributed by atoms with E-state index in [2.05, 4.69) is 14.7 Å². The SMILES string of the molecule is Cc1cc(C)c(C(=O)c2sc3cc(O)ccc3c2-c2ccc(OCCN3CC(CF)C3)cc2)c(C)c1.Cc1cc(Cl)cc(C)c1C(=O)c1sc2cc(O)ccc2c1-c1ccc(OCCN2CC(CF)C2)cc1.O=C(c1ccc(F)cc1Cl)c1sc2cc(O)ccc2c1-c1ccc(OCCN2CC(CF)C2)cc1. The molecule has 552 valence electrons. The number of hydrogen-bond donors (Lipinski definition) is 3. The molecule has 0 atom stereocenters. The minimum atomic E-state index is -0.514. The zero-order valence-electron chi connectivity index (χ0n) is 59.6. The smallest absolute Gasteiger partial charge is 0.205 e. The second kappa shape index (κ2) is 33.6. The first kappa shape index (κ1) is 76.1. The molecule has 3 aliphatic heterocycles. The fourth-order valence-electron chi connectivity index (χ4n) is 14.3. The van der Waals surface area contributed by atoms with Gasteiger partial charge in [0.2, 0.25) is 17.3 Å². The number of benzene rings is 9. The number of halogens is 6. The Bertz CT molecular complexity index is 5000. The minimum absolute atomic E-state index is 0.00199. The van der Waals surface area contributed by atoms with Crippen LogP contribution in [0, 0.1) is 58.2 Å². The van der Waals surface area contributed by atoms with Gasteiger partial charge in [-0.25, -0.2) is 4.39 Å². The van der Waals surface area contributed by atoms with E-state index in [4.69, 9.17) is 37.4 Å². The number of phenols is 3. The summed E-state index contributed by atoms with van der Waals surface area (Å²) in [6.45, 7) is 17.7. The van der Waals surface area contributed by atoms with Gasteiger partial charge >= 0.3 is 0 Å². The van der Waals surface area contributed by atoms with Crippen LogP contribution in [0.5, 0.6) is 34.5 Å². The highest BCUT2D eigenvalue weighted by atomic mass is 35.5. The molecule has 0 unspecified atom stereocenters. The lowest BCUT2D eigenvalue weighted by Crippen LogP contribution is -2.49. The van der Waals surface area contributed by atoms with Crippen LogP contribution < -0.4 is 14.2 Å². The Hall–Kier alpha value is -9.15. The van der Waals surface area contributed by atoms with Crippen LogP contribution in [-0.4, -0.2) is 146 Å². The van der Waals surface area contributed by atoms with Crippen LogP contribution in [0.1, 0.15) is 73.5 Å². The van der Waals surface area contributed by atoms with Crippen molar-refractivity contribution in [2.45, 2.75) is 34.6 Å². The minimum Gasteiger partial charge on any atom is -0.508 e. The molecule has 3 fully saturated rings. The van der Waals surface area contributed by atoms with Gasteiger partial charge in [-0.1, -0.05) is 77.3 Å². The van der Waals surface area contributed by atoms with Crippen molar-refractivity contribution < 1.29 is 61.5 Å². The van der Waals surface area contributed by atoms with Crippen molar-refractivity contribution in [1.82, 2.24) is 14.7 Å². The van der Waals surface area contributed by atoms with Gasteiger partial charge in [-0.15, -0.1) is 34.0 Å². The lowest BCUT2D eigenvalue weighted by atomic mass is 9.92. The summed E-state index contributed by atoms with van der Waals surface area (Å²) >= 11 is 16.4. The van der Waals surface area contributed by atoms with Crippen molar-refractivity contribution in [3.63, 3.8) is 0 Å². The Kier molecular flexibility index (Phi) is 23.8. The van der Waals surface area contributed by atoms with Crippen molar-refractivity contribution in [2.24, 2.45) is 17.8 Å². The van der Waals surface area contributed by atoms with Gasteiger partial charge in [0.05, 0.1) is 39.7 Å². The van der Waals surface area contributed by atoms with Crippen LogP contribution in [0.4, 0.5) is 17.6 Å². The summed E-state index contributed by atoms with van der Waals surface area (Å²) in [5.41, 5.74) is 11.4. The van der Waals surface area contributed by atoms with Crippen LogP contribution in [0.15, 0.2) is 170 Å². The molecule has 3 aliphatic rings. The number of rotatable bonds is 24. The van der Waals surface area contributed by atoms with Gasteiger partial charge in [0.1, 0.15) is 60.1 Å². The molecule has 0 spiro atoms. The molecule has 12 nitrogen and oxygen atoms in total. The molecule has 21 heteroatoms. The van der Waals surface area contributed by atoms with Crippen molar-refractivity contribution in [3.05, 3.63) is 245 Å². The van der Waals surface area contributed by atoms with Gasteiger partial charge in [-0.3, -0.25) is 42.3 Å². The van der Waals surface area contributed by atoms with Crippen molar-refractivity contribution in [1.29, 1.82) is 0 Å². The summed E-state index contributed by atoms with van der Waals surface area (Å²) in [6, 6.07) is 49.9. The molecule has 15 rings (SSSR count). The molecule has 0 amide bonds. The fraction of sp³-hybridized carbons (Fsp3) is 0.267. The van der Waals surface area contributed by atoms with Gasteiger partial charge in [-0.2, -0.15) is 0 Å². The van der Waals surface area contributed by atoms with Crippen LogP contribution in [0.2, 0.25) is 10.0 Å². The van der Waals surface area contributed by atoms with E-state index in [1.165, 1.54) is 46.1 Å². The van der Waals surface area contributed by atoms with Gasteiger partial charge in [0.15, 0.2) is 0 Å². The molecule has 107 heavy (non-hydrogen) atoms. The average molecular weight is 1540 g/mol. The zero-order chi connectivity index (χ0) is 75.3. The Morgan fingerprint density at radius 1 is 0.421 bits per heavy atom. The van der Waals surface area contributed by atoms with Crippen LogP contribution >= 0.6 is 57.2 Å². The first-order valence-corrected chi connectivity index (χ1v) is 38.6. The Balaban J connectivity index is 0.000000142. The molecule has 3 saturated heterocycles. The van der Waals surface area contributed by atoms with Crippen LogP contribution in [0.3, 0.4) is 0 Å². The number of aromatic hydroxyl groups is 3. The van der Waals surface area contributed by atoms with E-state index >= 15 is 0 Å². The highest BCUT2D eigenvalue weighted by molar-refractivity contribution is 7.22. The van der Waals surface area contributed by atoms with Crippen molar-refractivity contribution in [2.75, 3.05) is 98.7 Å². The van der Waals surface area contributed by atoms with E-state index in [1.54, 1.807) is 42.5 Å². The molecule has 0 radical (unpaired) electrons. The number of carbonyl (C=O) groups excluding carboxylic acids is 3.